The molecule has 0 atom stereocenters. The zero-order valence-electron chi connectivity index (χ0n) is 4.23. The fourth-order valence-electron chi connectivity index (χ4n) is 0.433. The summed E-state index contributed by atoms with van der Waals surface area (Å²) in [4.78, 5) is 1.05. The van der Waals surface area contributed by atoms with E-state index in [0.29, 0.717) is 5.03 Å². The van der Waals surface area contributed by atoms with E-state index < -0.39 is 0 Å². The van der Waals surface area contributed by atoms with E-state index in [4.69, 9.17) is 11.6 Å². The molecule has 0 aromatic carbocycles. The average molecular weight is 145 g/mol. The van der Waals surface area contributed by atoms with Crippen molar-refractivity contribution >= 4 is 28.0 Å². The van der Waals surface area contributed by atoms with Crippen LogP contribution in [0.5, 0.6) is 0 Å². The summed E-state index contributed by atoms with van der Waals surface area (Å²) < 4.78 is 0. The van der Waals surface area contributed by atoms with E-state index >= 15 is 0 Å². The van der Waals surface area contributed by atoms with Gasteiger partial charge in [0, 0.05) is 4.88 Å². The van der Waals surface area contributed by atoms with Crippen molar-refractivity contribution in [2.24, 2.45) is 0 Å². The molecule has 8 heavy (non-hydrogen) atoms. The molecular formula is C6H5ClS. The molecular weight excluding hydrogens is 140 g/mol. The predicted octanol–water partition coefficient (Wildman–Crippen LogP) is 2.96. The second kappa shape index (κ2) is 2.33. The van der Waals surface area contributed by atoms with Crippen molar-refractivity contribution in [1.82, 2.24) is 0 Å². The highest BCUT2D eigenvalue weighted by molar-refractivity contribution is 7.11. The van der Waals surface area contributed by atoms with Crippen LogP contribution in [-0.4, -0.2) is 0 Å². The molecule has 0 aliphatic carbocycles. The van der Waals surface area contributed by atoms with Crippen LogP contribution < -0.4 is 0 Å². The normalized spacial score (nSPS) is 9.12. The third kappa shape index (κ3) is 1.11. The summed E-state index contributed by atoms with van der Waals surface area (Å²) in [5.74, 6) is 0. The van der Waals surface area contributed by atoms with E-state index in [0.717, 1.165) is 4.88 Å². The molecule has 0 radical (unpaired) electrons. The monoisotopic (exact) mass is 144 g/mol. The van der Waals surface area contributed by atoms with E-state index in [1.807, 2.05) is 17.5 Å². The van der Waals surface area contributed by atoms with Crippen molar-refractivity contribution in [2.45, 2.75) is 0 Å². The van der Waals surface area contributed by atoms with Gasteiger partial charge in [-0.3, -0.25) is 0 Å². The van der Waals surface area contributed by atoms with Crippen LogP contribution in [0, 0.1) is 0 Å². The Bertz CT molecular complexity index is 176. The number of hydrogen-bond acceptors (Lipinski definition) is 1. The van der Waals surface area contributed by atoms with Gasteiger partial charge in [0.25, 0.3) is 0 Å². The summed E-state index contributed by atoms with van der Waals surface area (Å²) in [6.45, 7) is 3.57. The van der Waals surface area contributed by atoms with Crippen LogP contribution in [0.25, 0.3) is 5.03 Å². The average Bonchev–Trinajstić information content (AvgIpc) is 2.12. The van der Waals surface area contributed by atoms with Gasteiger partial charge >= 0.3 is 0 Å². The smallest absolute Gasteiger partial charge is 0.0506 e. The molecule has 0 fully saturated rings. The van der Waals surface area contributed by atoms with Gasteiger partial charge in [0.15, 0.2) is 0 Å². The zero-order valence-corrected chi connectivity index (χ0v) is 5.80. The molecule has 1 aromatic heterocycles. The minimum absolute atomic E-state index is 0.625. The molecule has 0 bridgehead atoms. The van der Waals surface area contributed by atoms with E-state index in [-0.39, 0.29) is 0 Å². The fourth-order valence-corrected chi connectivity index (χ4v) is 1.22. The summed E-state index contributed by atoms with van der Waals surface area (Å²) >= 11 is 7.16. The van der Waals surface area contributed by atoms with Crippen LogP contribution in [0.3, 0.4) is 0 Å². The van der Waals surface area contributed by atoms with Gasteiger partial charge in [-0.2, -0.15) is 0 Å². The van der Waals surface area contributed by atoms with E-state index in [2.05, 4.69) is 6.58 Å². The lowest BCUT2D eigenvalue weighted by Crippen LogP contribution is -1.57. The summed E-state index contributed by atoms with van der Waals surface area (Å²) in [5.41, 5.74) is 0. The lowest BCUT2D eigenvalue weighted by Gasteiger charge is -1.83. The van der Waals surface area contributed by atoms with Gasteiger partial charge in [0.2, 0.25) is 0 Å². The van der Waals surface area contributed by atoms with Crippen LogP contribution in [-0.2, 0) is 0 Å². The maximum Gasteiger partial charge on any atom is 0.0506 e. The number of hydrogen-bond donors (Lipinski definition) is 0. The zero-order chi connectivity index (χ0) is 5.98. The van der Waals surface area contributed by atoms with Crippen LogP contribution in [0.1, 0.15) is 4.88 Å². The quantitative estimate of drug-likeness (QED) is 0.569. The Kier molecular flexibility index (Phi) is 1.71. The molecule has 0 saturated carbocycles. The summed E-state index contributed by atoms with van der Waals surface area (Å²) in [7, 11) is 0. The third-order valence-electron chi connectivity index (χ3n) is 0.789. The first kappa shape index (κ1) is 5.86. The topological polar surface area (TPSA) is 0 Å². The third-order valence-corrected chi connectivity index (χ3v) is 2.03. The molecule has 1 heterocycles. The Hall–Kier alpha value is -0.270. The fraction of sp³-hybridized carbons (Fsp3) is 0. The molecule has 42 valence electrons. The van der Waals surface area contributed by atoms with Crippen molar-refractivity contribution in [3.05, 3.63) is 29.0 Å². The molecule has 1 aromatic rings. The van der Waals surface area contributed by atoms with Gasteiger partial charge in [-0.1, -0.05) is 24.2 Å². The van der Waals surface area contributed by atoms with E-state index in [1.165, 1.54) is 0 Å². The molecule has 0 spiro atoms. The van der Waals surface area contributed by atoms with Crippen LogP contribution in [0.4, 0.5) is 0 Å². The molecule has 0 aliphatic rings. The number of thiophene rings is 1. The van der Waals surface area contributed by atoms with Crippen molar-refractivity contribution in [3.8, 4) is 0 Å². The van der Waals surface area contributed by atoms with Crippen LogP contribution in [0.2, 0.25) is 0 Å². The maximum atomic E-state index is 5.56. The highest BCUT2D eigenvalue weighted by Gasteiger charge is 1.91. The Labute approximate surface area is 57.4 Å². The minimum Gasteiger partial charge on any atom is -0.143 e. The second-order valence-corrected chi connectivity index (χ2v) is 2.79. The lowest BCUT2D eigenvalue weighted by molar-refractivity contribution is 1.95. The highest BCUT2D eigenvalue weighted by Crippen LogP contribution is 2.20. The molecule has 0 nitrogen and oxygen atoms in total. The van der Waals surface area contributed by atoms with Gasteiger partial charge in [-0.15, -0.1) is 11.3 Å². The first-order valence-corrected chi connectivity index (χ1v) is 3.45. The van der Waals surface area contributed by atoms with E-state index in [9.17, 15) is 0 Å². The van der Waals surface area contributed by atoms with Crippen molar-refractivity contribution in [2.75, 3.05) is 0 Å². The second-order valence-electron chi connectivity index (χ2n) is 1.38. The SMILES string of the molecule is C=C(Cl)c1cccs1. The minimum atomic E-state index is 0.625. The predicted molar refractivity (Wildman–Crippen MR) is 39.2 cm³/mol. The molecule has 0 unspecified atom stereocenters. The highest BCUT2D eigenvalue weighted by atomic mass is 35.5. The molecule has 0 aliphatic heterocycles. The first-order chi connectivity index (χ1) is 3.80. The lowest BCUT2D eigenvalue weighted by atomic mass is 10.5. The Balaban J connectivity index is 2.93. The molecule has 0 N–H and O–H groups in total. The summed E-state index contributed by atoms with van der Waals surface area (Å²) in [6, 6.07) is 3.90. The van der Waals surface area contributed by atoms with Crippen molar-refractivity contribution < 1.29 is 0 Å². The van der Waals surface area contributed by atoms with Crippen molar-refractivity contribution in [3.63, 3.8) is 0 Å². The van der Waals surface area contributed by atoms with E-state index in [1.54, 1.807) is 11.3 Å². The Morgan fingerprint density at radius 2 is 2.50 bits per heavy atom. The Morgan fingerprint density at radius 3 is 2.75 bits per heavy atom. The van der Waals surface area contributed by atoms with Gasteiger partial charge in [0.05, 0.1) is 5.03 Å². The van der Waals surface area contributed by atoms with Gasteiger partial charge in [0.1, 0.15) is 0 Å². The molecule has 2 heteroatoms. The first-order valence-electron chi connectivity index (χ1n) is 2.19. The Morgan fingerprint density at radius 1 is 1.75 bits per heavy atom. The molecule has 1 rings (SSSR count). The van der Waals surface area contributed by atoms with Crippen molar-refractivity contribution in [1.29, 1.82) is 0 Å². The van der Waals surface area contributed by atoms with Gasteiger partial charge in [-0.05, 0) is 11.4 Å². The van der Waals surface area contributed by atoms with Gasteiger partial charge in [-0.25, -0.2) is 0 Å². The summed E-state index contributed by atoms with van der Waals surface area (Å²) in [5, 5.41) is 2.60. The number of halogens is 1. The number of rotatable bonds is 1. The standard InChI is InChI=1S/C6H5ClS/c1-5(7)6-3-2-4-8-6/h2-4H,1H2. The van der Waals surface area contributed by atoms with Gasteiger partial charge < -0.3 is 0 Å². The summed E-state index contributed by atoms with van der Waals surface area (Å²) in [6.07, 6.45) is 0. The largest absolute Gasteiger partial charge is 0.143 e. The molecule has 0 saturated heterocycles. The molecule has 0 amide bonds. The van der Waals surface area contributed by atoms with Crippen LogP contribution >= 0.6 is 22.9 Å². The maximum absolute atomic E-state index is 5.56. The van der Waals surface area contributed by atoms with Crippen LogP contribution in [0.15, 0.2) is 24.1 Å².